The Kier molecular flexibility index (Phi) is 7.73. The highest BCUT2D eigenvalue weighted by Gasteiger charge is 2.11. The average molecular weight is 279 g/mol. The Bertz CT molecular complexity index is 400. The van der Waals surface area contributed by atoms with Gasteiger partial charge >= 0.3 is 0 Å². The largest absolute Gasteiger partial charge is 0.496 e. The van der Waals surface area contributed by atoms with Crippen molar-refractivity contribution in [3.8, 4) is 5.75 Å². The molecule has 0 aliphatic heterocycles. The summed E-state index contributed by atoms with van der Waals surface area (Å²) in [7, 11) is 1.61. The van der Waals surface area contributed by atoms with Crippen LogP contribution in [0, 0.1) is 5.92 Å². The van der Waals surface area contributed by atoms with Crippen LogP contribution in [-0.4, -0.2) is 31.3 Å². The molecule has 4 nitrogen and oxygen atoms in total. The van der Waals surface area contributed by atoms with E-state index < -0.39 is 0 Å². The van der Waals surface area contributed by atoms with Gasteiger partial charge in [-0.15, -0.1) is 0 Å². The van der Waals surface area contributed by atoms with Crippen molar-refractivity contribution in [2.45, 2.75) is 32.6 Å². The van der Waals surface area contributed by atoms with Gasteiger partial charge in [0.1, 0.15) is 5.75 Å². The van der Waals surface area contributed by atoms with Crippen LogP contribution in [0.2, 0.25) is 0 Å². The van der Waals surface area contributed by atoms with Gasteiger partial charge in [-0.1, -0.05) is 31.5 Å². The number of aliphatic hydroxyl groups is 1. The second-order valence-corrected chi connectivity index (χ2v) is 4.96. The van der Waals surface area contributed by atoms with Gasteiger partial charge < -0.3 is 15.2 Å². The lowest BCUT2D eigenvalue weighted by atomic mass is 10.00. The van der Waals surface area contributed by atoms with E-state index in [2.05, 4.69) is 12.2 Å². The zero-order valence-electron chi connectivity index (χ0n) is 12.4. The van der Waals surface area contributed by atoms with Crippen molar-refractivity contribution in [3.05, 3.63) is 29.8 Å². The van der Waals surface area contributed by atoms with E-state index in [9.17, 15) is 4.79 Å². The monoisotopic (exact) mass is 279 g/mol. The topological polar surface area (TPSA) is 58.6 Å². The predicted octanol–water partition coefficient (Wildman–Crippen LogP) is 2.15. The molecule has 1 aromatic rings. The molecule has 0 saturated heterocycles. The fourth-order valence-corrected chi connectivity index (χ4v) is 2.28. The van der Waals surface area contributed by atoms with Crippen LogP contribution in [0.3, 0.4) is 0 Å². The molecule has 0 aromatic heterocycles. The first-order valence-electron chi connectivity index (χ1n) is 7.20. The van der Waals surface area contributed by atoms with E-state index in [0.717, 1.165) is 30.6 Å². The first kappa shape index (κ1) is 16.5. The van der Waals surface area contributed by atoms with Gasteiger partial charge in [0.2, 0.25) is 5.91 Å². The number of carbonyl (C=O) groups is 1. The average Bonchev–Trinajstić information content (AvgIpc) is 2.46. The van der Waals surface area contributed by atoms with E-state index >= 15 is 0 Å². The van der Waals surface area contributed by atoms with Gasteiger partial charge in [-0.2, -0.15) is 0 Å². The summed E-state index contributed by atoms with van der Waals surface area (Å²) in [5.41, 5.74) is 0.890. The molecule has 0 spiro atoms. The van der Waals surface area contributed by atoms with Gasteiger partial charge in [0.25, 0.3) is 0 Å². The Morgan fingerprint density at radius 1 is 1.35 bits per heavy atom. The third-order valence-corrected chi connectivity index (χ3v) is 3.37. The van der Waals surface area contributed by atoms with E-state index in [1.54, 1.807) is 7.11 Å². The summed E-state index contributed by atoms with van der Waals surface area (Å²) in [4.78, 5) is 12.0. The minimum absolute atomic E-state index is 0.00598. The summed E-state index contributed by atoms with van der Waals surface area (Å²) in [6.45, 7) is 2.91. The van der Waals surface area contributed by atoms with Crippen molar-refractivity contribution in [3.63, 3.8) is 0 Å². The van der Waals surface area contributed by atoms with Crippen molar-refractivity contribution < 1.29 is 14.6 Å². The van der Waals surface area contributed by atoms with Crippen molar-refractivity contribution in [1.29, 1.82) is 0 Å². The fourth-order valence-electron chi connectivity index (χ4n) is 2.28. The third kappa shape index (κ3) is 5.61. The number of rotatable bonds is 9. The SMILES string of the molecule is CCCC(CCO)CNC(=O)Cc1ccccc1OC. The van der Waals surface area contributed by atoms with Crippen LogP contribution in [0.4, 0.5) is 0 Å². The van der Waals surface area contributed by atoms with Gasteiger partial charge in [0.15, 0.2) is 0 Å². The number of para-hydroxylation sites is 1. The number of hydrogen-bond acceptors (Lipinski definition) is 3. The maximum Gasteiger partial charge on any atom is 0.224 e. The fraction of sp³-hybridized carbons (Fsp3) is 0.562. The Morgan fingerprint density at radius 3 is 2.75 bits per heavy atom. The molecule has 0 fully saturated rings. The summed E-state index contributed by atoms with van der Waals surface area (Å²) in [5, 5.41) is 11.9. The summed E-state index contributed by atoms with van der Waals surface area (Å²) < 4.78 is 5.24. The summed E-state index contributed by atoms with van der Waals surface area (Å²) >= 11 is 0. The Hall–Kier alpha value is -1.55. The lowest BCUT2D eigenvalue weighted by Crippen LogP contribution is -2.31. The van der Waals surface area contributed by atoms with E-state index in [0.29, 0.717) is 18.9 Å². The second-order valence-electron chi connectivity index (χ2n) is 4.96. The van der Waals surface area contributed by atoms with Gasteiger partial charge in [-0.3, -0.25) is 4.79 Å². The minimum Gasteiger partial charge on any atom is -0.496 e. The van der Waals surface area contributed by atoms with Crippen molar-refractivity contribution in [2.24, 2.45) is 5.92 Å². The smallest absolute Gasteiger partial charge is 0.224 e. The van der Waals surface area contributed by atoms with Crippen LogP contribution in [-0.2, 0) is 11.2 Å². The van der Waals surface area contributed by atoms with Gasteiger partial charge in [0, 0.05) is 18.7 Å². The maximum atomic E-state index is 12.0. The molecule has 0 bridgehead atoms. The molecule has 2 N–H and O–H groups in total. The molecular formula is C16H25NO3. The number of carbonyl (C=O) groups excluding carboxylic acids is 1. The number of amides is 1. The number of ether oxygens (including phenoxy) is 1. The van der Waals surface area contributed by atoms with E-state index in [1.165, 1.54) is 0 Å². The third-order valence-electron chi connectivity index (χ3n) is 3.37. The minimum atomic E-state index is -0.00598. The van der Waals surface area contributed by atoms with Crippen molar-refractivity contribution >= 4 is 5.91 Å². The molecule has 1 rings (SSSR count). The molecule has 0 aliphatic rings. The second kappa shape index (κ2) is 9.37. The van der Waals surface area contributed by atoms with Gasteiger partial charge in [-0.05, 0) is 24.8 Å². The zero-order valence-corrected chi connectivity index (χ0v) is 12.4. The molecular weight excluding hydrogens is 254 g/mol. The quantitative estimate of drug-likeness (QED) is 0.728. The summed E-state index contributed by atoms with van der Waals surface area (Å²) in [5.74, 6) is 1.09. The molecule has 0 aliphatic carbocycles. The number of aliphatic hydroxyl groups excluding tert-OH is 1. The van der Waals surface area contributed by atoms with Crippen LogP contribution in [0.25, 0.3) is 0 Å². The van der Waals surface area contributed by atoms with Crippen LogP contribution >= 0.6 is 0 Å². The van der Waals surface area contributed by atoms with E-state index in [1.807, 2.05) is 24.3 Å². The van der Waals surface area contributed by atoms with Crippen molar-refractivity contribution in [2.75, 3.05) is 20.3 Å². The molecule has 1 aromatic carbocycles. The van der Waals surface area contributed by atoms with Crippen LogP contribution < -0.4 is 10.1 Å². The highest BCUT2D eigenvalue weighted by molar-refractivity contribution is 5.79. The Morgan fingerprint density at radius 2 is 2.10 bits per heavy atom. The Labute approximate surface area is 121 Å². The van der Waals surface area contributed by atoms with Crippen LogP contribution in [0.1, 0.15) is 31.7 Å². The molecule has 20 heavy (non-hydrogen) atoms. The molecule has 1 amide bonds. The highest BCUT2D eigenvalue weighted by atomic mass is 16.5. The lowest BCUT2D eigenvalue weighted by Gasteiger charge is -2.16. The maximum absolute atomic E-state index is 12.0. The van der Waals surface area contributed by atoms with E-state index in [-0.39, 0.29) is 12.5 Å². The standard InChI is InChI=1S/C16H25NO3/c1-3-6-13(9-10-18)12-17-16(19)11-14-7-4-5-8-15(14)20-2/h4-5,7-8,13,18H,3,6,9-12H2,1-2H3,(H,17,19). The molecule has 0 radical (unpaired) electrons. The van der Waals surface area contributed by atoms with Gasteiger partial charge in [0.05, 0.1) is 13.5 Å². The number of nitrogens with one attached hydrogen (secondary N) is 1. The van der Waals surface area contributed by atoms with Gasteiger partial charge in [-0.25, -0.2) is 0 Å². The number of hydrogen-bond donors (Lipinski definition) is 2. The van der Waals surface area contributed by atoms with Crippen LogP contribution in [0.15, 0.2) is 24.3 Å². The normalized spacial score (nSPS) is 11.9. The molecule has 112 valence electrons. The summed E-state index contributed by atoms with van der Waals surface area (Å²) in [6, 6.07) is 7.54. The first-order valence-corrected chi connectivity index (χ1v) is 7.20. The Balaban J connectivity index is 2.46. The number of methoxy groups -OCH3 is 1. The zero-order chi connectivity index (χ0) is 14.8. The predicted molar refractivity (Wildman–Crippen MR) is 79.8 cm³/mol. The summed E-state index contributed by atoms with van der Waals surface area (Å²) in [6.07, 6.45) is 3.15. The lowest BCUT2D eigenvalue weighted by molar-refractivity contribution is -0.120. The molecule has 1 unspecified atom stereocenters. The molecule has 4 heteroatoms. The molecule has 1 atom stereocenters. The van der Waals surface area contributed by atoms with Crippen LogP contribution in [0.5, 0.6) is 5.75 Å². The molecule has 0 saturated carbocycles. The van der Waals surface area contributed by atoms with Crippen molar-refractivity contribution in [1.82, 2.24) is 5.32 Å². The van der Waals surface area contributed by atoms with E-state index in [4.69, 9.17) is 9.84 Å². The first-order chi connectivity index (χ1) is 9.71. The highest BCUT2D eigenvalue weighted by Crippen LogP contribution is 2.17. The molecule has 0 heterocycles. The number of benzene rings is 1.